The van der Waals surface area contributed by atoms with Gasteiger partial charge in [0, 0.05) is 13.1 Å². The summed E-state index contributed by atoms with van der Waals surface area (Å²) in [5.41, 5.74) is 5.14. The zero-order chi connectivity index (χ0) is 15.9. The summed E-state index contributed by atoms with van der Waals surface area (Å²) >= 11 is 0. The average molecular weight is 287 g/mol. The predicted molar refractivity (Wildman–Crippen MR) is 75.0 cm³/mol. The number of carbonyl (C=O) groups is 3. The summed E-state index contributed by atoms with van der Waals surface area (Å²) in [4.78, 5) is 36.8. The van der Waals surface area contributed by atoms with Gasteiger partial charge < -0.3 is 20.6 Å². The van der Waals surface area contributed by atoms with E-state index in [9.17, 15) is 14.4 Å². The van der Waals surface area contributed by atoms with E-state index in [0.717, 1.165) is 0 Å². The second-order valence-corrected chi connectivity index (χ2v) is 5.69. The van der Waals surface area contributed by atoms with Crippen molar-refractivity contribution in [2.45, 2.75) is 27.7 Å². The standard InChI is InChI=1S/C13H25N3O4/c1-9(2)5-15(7-11(14)17)13(20)16(6-10(3)4)8-12(18)19/h9-10H,5-8H2,1-4H3,(H2,14,17)(H,18,19). The molecule has 0 radical (unpaired) electrons. The molecule has 0 aliphatic heterocycles. The minimum Gasteiger partial charge on any atom is -0.480 e. The number of urea groups is 1. The molecule has 116 valence electrons. The lowest BCUT2D eigenvalue weighted by Gasteiger charge is -2.31. The number of carboxylic acids is 1. The van der Waals surface area contributed by atoms with E-state index >= 15 is 0 Å². The molecule has 0 heterocycles. The molecule has 0 saturated carbocycles. The highest BCUT2D eigenvalue weighted by Crippen LogP contribution is 2.07. The molecule has 0 rings (SSSR count). The van der Waals surface area contributed by atoms with Crippen LogP contribution >= 0.6 is 0 Å². The summed E-state index contributed by atoms with van der Waals surface area (Å²) in [6, 6.07) is -0.464. The lowest BCUT2D eigenvalue weighted by atomic mass is 10.2. The third-order valence-electron chi connectivity index (χ3n) is 2.38. The summed E-state index contributed by atoms with van der Waals surface area (Å²) in [7, 11) is 0. The fourth-order valence-corrected chi connectivity index (χ4v) is 1.85. The molecule has 20 heavy (non-hydrogen) atoms. The average Bonchev–Trinajstić information content (AvgIpc) is 2.23. The minimum absolute atomic E-state index is 0.132. The van der Waals surface area contributed by atoms with E-state index in [0.29, 0.717) is 13.1 Å². The Balaban J connectivity index is 5.00. The smallest absolute Gasteiger partial charge is 0.323 e. The topological polar surface area (TPSA) is 104 Å². The number of amides is 3. The fourth-order valence-electron chi connectivity index (χ4n) is 1.85. The quantitative estimate of drug-likeness (QED) is 0.681. The highest BCUT2D eigenvalue weighted by Gasteiger charge is 2.25. The van der Waals surface area contributed by atoms with Gasteiger partial charge in [0.1, 0.15) is 13.1 Å². The number of nitrogens with zero attached hydrogens (tertiary/aromatic N) is 2. The molecule has 3 amide bonds. The molecule has 0 unspecified atom stereocenters. The van der Waals surface area contributed by atoms with Crippen LogP contribution in [0.25, 0.3) is 0 Å². The van der Waals surface area contributed by atoms with Crippen LogP contribution in [0.1, 0.15) is 27.7 Å². The van der Waals surface area contributed by atoms with Gasteiger partial charge in [0.05, 0.1) is 0 Å². The summed E-state index contributed by atoms with van der Waals surface area (Å²) < 4.78 is 0. The van der Waals surface area contributed by atoms with Gasteiger partial charge in [-0.1, -0.05) is 27.7 Å². The van der Waals surface area contributed by atoms with E-state index < -0.39 is 17.9 Å². The number of hydrogen-bond donors (Lipinski definition) is 2. The first-order valence-corrected chi connectivity index (χ1v) is 6.67. The van der Waals surface area contributed by atoms with Gasteiger partial charge in [0.25, 0.3) is 0 Å². The Labute approximate surface area is 119 Å². The monoisotopic (exact) mass is 287 g/mol. The number of rotatable bonds is 8. The van der Waals surface area contributed by atoms with Gasteiger partial charge in [-0.3, -0.25) is 9.59 Å². The number of hydrogen-bond acceptors (Lipinski definition) is 3. The fraction of sp³-hybridized carbons (Fsp3) is 0.769. The Hall–Kier alpha value is -1.79. The van der Waals surface area contributed by atoms with Gasteiger partial charge in [-0.25, -0.2) is 4.79 Å². The zero-order valence-corrected chi connectivity index (χ0v) is 12.6. The summed E-state index contributed by atoms with van der Waals surface area (Å²) in [5.74, 6) is -1.40. The van der Waals surface area contributed by atoms with E-state index in [4.69, 9.17) is 10.8 Å². The Bertz CT molecular complexity index is 324. The van der Waals surface area contributed by atoms with Crippen LogP contribution in [0.15, 0.2) is 0 Å². The number of primary amides is 1. The van der Waals surface area contributed by atoms with E-state index in [-0.39, 0.29) is 24.9 Å². The van der Waals surface area contributed by atoms with Crippen molar-refractivity contribution in [2.24, 2.45) is 17.6 Å². The molecule has 7 heteroatoms. The summed E-state index contributed by atoms with van der Waals surface area (Å²) in [5, 5.41) is 8.89. The molecular formula is C13H25N3O4. The number of carboxylic acid groups (broad SMARTS) is 1. The van der Waals surface area contributed by atoms with Crippen molar-refractivity contribution in [3.8, 4) is 0 Å². The number of nitrogens with two attached hydrogens (primary N) is 1. The molecule has 0 atom stereocenters. The van der Waals surface area contributed by atoms with Crippen LogP contribution in [-0.4, -0.2) is 59.0 Å². The van der Waals surface area contributed by atoms with Crippen LogP contribution in [0.4, 0.5) is 4.79 Å². The number of carbonyl (C=O) groups excluding carboxylic acids is 2. The zero-order valence-electron chi connectivity index (χ0n) is 12.6. The van der Waals surface area contributed by atoms with Crippen molar-refractivity contribution < 1.29 is 19.5 Å². The highest BCUT2D eigenvalue weighted by molar-refractivity contribution is 5.85. The van der Waals surface area contributed by atoms with Crippen molar-refractivity contribution >= 4 is 17.9 Å². The van der Waals surface area contributed by atoms with Gasteiger partial charge in [0.15, 0.2) is 0 Å². The van der Waals surface area contributed by atoms with Crippen molar-refractivity contribution in [3.05, 3.63) is 0 Å². The molecular weight excluding hydrogens is 262 g/mol. The molecule has 0 bridgehead atoms. The van der Waals surface area contributed by atoms with Crippen molar-refractivity contribution in [1.29, 1.82) is 0 Å². The highest BCUT2D eigenvalue weighted by atomic mass is 16.4. The van der Waals surface area contributed by atoms with Gasteiger partial charge in [-0.05, 0) is 11.8 Å². The lowest BCUT2D eigenvalue weighted by Crippen LogP contribution is -2.50. The predicted octanol–water partition coefficient (Wildman–Crippen LogP) is 0.592. The van der Waals surface area contributed by atoms with E-state index in [2.05, 4.69) is 0 Å². The molecule has 0 aliphatic rings. The van der Waals surface area contributed by atoms with Crippen molar-refractivity contribution in [3.63, 3.8) is 0 Å². The third-order valence-corrected chi connectivity index (χ3v) is 2.38. The van der Waals surface area contributed by atoms with Crippen LogP contribution in [0.3, 0.4) is 0 Å². The van der Waals surface area contributed by atoms with E-state index in [1.165, 1.54) is 9.80 Å². The Morgan fingerprint density at radius 1 is 0.950 bits per heavy atom. The molecule has 0 fully saturated rings. The third kappa shape index (κ3) is 7.60. The van der Waals surface area contributed by atoms with Crippen LogP contribution in [-0.2, 0) is 9.59 Å². The normalized spacial score (nSPS) is 10.7. The van der Waals surface area contributed by atoms with Crippen molar-refractivity contribution in [2.75, 3.05) is 26.2 Å². The Morgan fingerprint density at radius 3 is 1.65 bits per heavy atom. The van der Waals surface area contributed by atoms with E-state index in [1.54, 1.807) is 0 Å². The molecule has 0 spiro atoms. The first-order chi connectivity index (χ1) is 9.13. The maximum atomic E-state index is 12.4. The van der Waals surface area contributed by atoms with Crippen molar-refractivity contribution in [1.82, 2.24) is 9.80 Å². The van der Waals surface area contributed by atoms with E-state index in [1.807, 2.05) is 27.7 Å². The van der Waals surface area contributed by atoms with Crippen LogP contribution in [0, 0.1) is 11.8 Å². The largest absolute Gasteiger partial charge is 0.480 e. The molecule has 0 saturated heterocycles. The molecule has 3 N–H and O–H groups in total. The van der Waals surface area contributed by atoms with Crippen LogP contribution in [0.2, 0.25) is 0 Å². The van der Waals surface area contributed by atoms with Gasteiger partial charge in [0.2, 0.25) is 5.91 Å². The Kier molecular flexibility index (Phi) is 7.64. The number of aliphatic carboxylic acids is 1. The molecule has 7 nitrogen and oxygen atoms in total. The summed E-state index contributed by atoms with van der Waals surface area (Å²) in [6.45, 7) is 7.69. The second-order valence-electron chi connectivity index (χ2n) is 5.69. The summed E-state index contributed by atoms with van der Waals surface area (Å²) in [6.07, 6.45) is 0. The van der Waals surface area contributed by atoms with Gasteiger partial charge in [-0.15, -0.1) is 0 Å². The molecule has 0 aliphatic carbocycles. The SMILES string of the molecule is CC(C)CN(CC(N)=O)C(=O)N(CC(=O)O)CC(C)C. The second kappa shape index (κ2) is 8.39. The molecule has 0 aromatic carbocycles. The van der Waals surface area contributed by atoms with Gasteiger partial charge in [-0.2, -0.15) is 0 Å². The maximum absolute atomic E-state index is 12.4. The van der Waals surface area contributed by atoms with Gasteiger partial charge >= 0.3 is 12.0 Å². The van der Waals surface area contributed by atoms with Crippen LogP contribution in [0.5, 0.6) is 0 Å². The maximum Gasteiger partial charge on any atom is 0.323 e. The lowest BCUT2D eigenvalue weighted by molar-refractivity contribution is -0.137. The minimum atomic E-state index is -1.08. The van der Waals surface area contributed by atoms with Crippen LogP contribution < -0.4 is 5.73 Å². The molecule has 0 aromatic heterocycles. The molecule has 0 aromatic rings. The first-order valence-electron chi connectivity index (χ1n) is 6.67. The Morgan fingerprint density at radius 2 is 1.35 bits per heavy atom. The first kappa shape index (κ1) is 18.2.